The Hall–Kier alpha value is -1.03. The van der Waals surface area contributed by atoms with Gasteiger partial charge >= 0.3 is 12.8 Å². The Morgan fingerprint density at radius 1 is 1.23 bits per heavy atom. The molecule has 0 aliphatic carbocycles. The summed E-state index contributed by atoms with van der Waals surface area (Å²) >= 11 is 5.94. The molecule has 0 saturated carbocycles. The van der Waals surface area contributed by atoms with Crippen molar-refractivity contribution >= 4 is 24.1 Å². The normalized spacial score (nSPS) is 16.0. The number of halogens is 1. The predicted molar refractivity (Wildman–Crippen MR) is 88.1 cm³/mol. The number of carbonyl (C=O) groups is 1. The van der Waals surface area contributed by atoms with E-state index in [9.17, 15) is 9.36 Å². The Morgan fingerprint density at radius 3 is 2.23 bits per heavy atom. The molecule has 0 amide bonds. The molecule has 1 aromatic rings. The third-order valence-electron chi connectivity index (χ3n) is 2.59. The van der Waals surface area contributed by atoms with Crippen LogP contribution in [0, 0.1) is 5.92 Å². The molecule has 1 unspecified atom stereocenters. The highest BCUT2D eigenvalue weighted by atomic mass is 35.7. The van der Waals surface area contributed by atoms with Crippen molar-refractivity contribution in [3.05, 3.63) is 30.3 Å². The highest BCUT2D eigenvalue weighted by molar-refractivity contribution is 7.84. The van der Waals surface area contributed by atoms with Gasteiger partial charge in [0.05, 0.1) is 0 Å². The Bertz CT molecular complexity index is 542. The summed E-state index contributed by atoms with van der Waals surface area (Å²) in [4.78, 5) is 12.2. The molecule has 1 N–H and O–H groups in total. The maximum absolute atomic E-state index is 12.4. The molecule has 0 radical (unpaired) electrons. The number of benzene rings is 1. The van der Waals surface area contributed by atoms with Crippen LogP contribution in [-0.2, 0) is 14.1 Å². The van der Waals surface area contributed by atoms with E-state index in [2.05, 4.69) is 5.09 Å². The molecular weight excluding hydrogens is 325 g/mol. The molecule has 0 saturated heterocycles. The van der Waals surface area contributed by atoms with Gasteiger partial charge in [-0.05, 0) is 38.8 Å². The minimum Gasteiger partial charge on any atom is -0.459 e. The maximum Gasteiger partial charge on any atom is 0.409 e. The van der Waals surface area contributed by atoms with E-state index < -0.39 is 24.5 Å². The molecule has 2 atom stereocenters. The van der Waals surface area contributed by atoms with E-state index >= 15 is 0 Å². The average Bonchev–Trinajstić information content (AvgIpc) is 2.34. The quantitative estimate of drug-likeness (QED) is 0.611. The number of rotatable bonds is 6. The van der Waals surface area contributed by atoms with Crippen LogP contribution in [0.25, 0.3) is 0 Å². The molecule has 0 aliphatic heterocycles. The first-order chi connectivity index (χ1) is 10.0. The summed E-state index contributed by atoms with van der Waals surface area (Å²) < 4.78 is 23.0. The van der Waals surface area contributed by atoms with E-state index in [0.717, 1.165) is 0 Å². The smallest absolute Gasteiger partial charge is 0.409 e. The molecule has 0 aromatic heterocycles. The van der Waals surface area contributed by atoms with Crippen molar-refractivity contribution in [2.45, 2.75) is 46.3 Å². The van der Waals surface area contributed by atoms with E-state index in [0.29, 0.717) is 5.75 Å². The van der Waals surface area contributed by atoms with E-state index in [1.54, 1.807) is 65.0 Å². The molecule has 0 aliphatic rings. The highest BCUT2D eigenvalue weighted by Crippen LogP contribution is 2.49. The summed E-state index contributed by atoms with van der Waals surface area (Å²) in [6.45, 7) is 5.19. The summed E-state index contributed by atoms with van der Waals surface area (Å²) in [6, 6.07) is 7.71. The number of para-hydroxylation sites is 1. The Morgan fingerprint density at radius 2 is 1.77 bits per heavy atom. The minimum absolute atomic E-state index is 0.165. The van der Waals surface area contributed by atoms with Crippen molar-refractivity contribution in [3.8, 4) is 5.75 Å². The molecule has 0 spiro atoms. The van der Waals surface area contributed by atoms with Crippen LogP contribution in [0.2, 0.25) is 0 Å². The van der Waals surface area contributed by atoms with Gasteiger partial charge in [0.15, 0.2) is 0 Å². The lowest BCUT2D eigenvalue weighted by Crippen LogP contribution is -2.43. The Balaban J connectivity index is 2.81. The van der Waals surface area contributed by atoms with Crippen molar-refractivity contribution in [3.63, 3.8) is 0 Å². The van der Waals surface area contributed by atoms with Crippen LogP contribution in [-0.4, -0.2) is 17.6 Å². The van der Waals surface area contributed by atoms with Gasteiger partial charge < -0.3 is 9.26 Å². The van der Waals surface area contributed by atoms with Gasteiger partial charge in [0.25, 0.3) is 0 Å². The van der Waals surface area contributed by atoms with Crippen LogP contribution in [0.5, 0.6) is 5.75 Å². The van der Waals surface area contributed by atoms with Crippen molar-refractivity contribution in [2.75, 3.05) is 0 Å². The molecule has 0 heterocycles. The molecule has 22 heavy (non-hydrogen) atoms. The third-order valence-corrected chi connectivity index (χ3v) is 4.12. The maximum atomic E-state index is 12.4. The fourth-order valence-electron chi connectivity index (χ4n) is 1.65. The molecule has 0 fully saturated rings. The van der Waals surface area contributed by atoms with E-state index in [4.69, 9.17) is 20.5 Å². The number of hydrogen-bond donors (Lipinski definition) is 1. The van der Waals surface area contributed by atoms with Gasteiger partial charge in [0.1, 0.15) is 17.4 Å². The minimum atomic E-state index is -3.72. The fraction of sp³-hybridized carbons (Fsp3) is 0.533. The van der Waals surface area contributed by atoms with Crippen molar-refractivity contribution in [1.29, 1.82) is 0 Å². The van der Waals surface area contributed by atoms with E-state index in [-0.39, 0.29) is 5.92 Å². The van der Waals surface area contributed by atoms with Gasteiger partial charge in [-0.1, -0.05) is 32.0 Å². The molecule has 124 valence electrons. The standard InChI is InChI=1S/C15H23ClNO4P/c1-11(2)13(14(18)20-15(3,4)5)17-22(16,19)21-12-9-7-6-8-10-12/h6-11,13H,1-5H3,(H,17,19)/t13-,22?/m0/s1. The van der Waals surface area contributed by atoms with Gasteiger partial charge in [-0.2, -0.15) is 0 Å². The molecular formula is C15H23ClNO4P. The highest BCUT2D eigenvalue weighted by Gasteiger charge is 2.34. The lowest BCUT2D eigenvalue weighted by molar-refractivity contribution is -0.158. The number of nitrogens with one attached hydrogen (secondary N) is 1. The lowest BCUT2D eigenvalue weighted by atomic mass is 10.1. The van der Waals surface area contributed by atoms with Crippen LogP contribution in [0.4, 0.5) is 0 Å². The second kappa shape index (κ2) is 7.49. The van der Waals surface area contributed by atoms with Gasteiger partial charge in [0, 0.05) is 11.2 Å². The lowest BCUT2D eigenvalue weighted by Gasteiger charge is -2.27. The first kappa shape index (κ1) is 19.0. The summed E-state index contributed by atoms with van der Waals surface area (Å²) in [7, 11) is 0. The van der Waals surface area contributed by atoms with Crippen LogP contribution >= 0.6 is 18.1 Å². The van der Waals surface area contributed by atoms with Gasteiger partial charge in [0.2, 0.25) is 0 Å². The zero-order valence-electron chi connectivity index (χ0n) is 13.5. The first-order valence-electron chi connectivity index (χ1n) is 7.05. The number of carbonyl (C=O) groups excluding carboxylic acids is 1. The van der Waals surface area contributed by atoms with E-state index in [1.165, 1.54) is 0 Å². The topological polar surface area (TPSA) is 64.6 Å². The molecule has 5 nitrogen and oxygen atoms in total. The van der Waals surface area contributed by atoms with E-state index in [1.807, 2.05) is 0 Å². The van der Waals surface area contributed by atoms with Crippen molar-refractivity contribution in [1.82, 2.24) is 5.09 Å². The fourth-order valence-corrected chi connectivity index (χ4v) is 3.38. The molecule has 1 rings (SSSR count). The monoisotopic (exact) mass is 347 g/mol. The Kier molecular flexibility index (Phi) is 6.48. The SMILES string of the molecule is CC(C)[C@H](NP(=O)(Cl)Oc1ccccc1)C(=O)OC(C)(C)C. The predicted octanol–water partition coefficient (Wildman–Crippen LogP) is 4.37. The van der Waals surface area contributed by atoms with Crippen LogP contribution in [0.3, 0.4) is 0 Å². The van der Waals surface area contributed by atoms with Crippen molar-refractivity contribution in [2.24, 2.45) is 5.92 Å². The zero-order valence-corrected chi connectivity index (χ0v) is 15.1. The van der Waals surface area contributed by atoms with Gasteiger partial charge in [-0.3, -0.25) is 4.79 Å². The number of ether oxygens (including phenoxy) is 1. The van der Waals surface area contributed by atoms with Crippen LogP contribution < -0.4 is 9.61 Å². The summed E-state index contributed by atoms with van der Waals surface area (Å²) in [5.41, 5.74) is -0.636. The second-order valence-electron chi connectivity index (χ2n) is 6.27. The second-order valence-corrected chi connectivity index (χ2v) is 9.00. The van der Waals surface area contributed by atoms with Gasteiger partial charge in [-0.25, -0.2) is 9.65 Å². The van der Waals surface area contributed by atoms with Crippen LogP contribution in [0.15, 0.2) is 30.3 Å². The number of esters is 1. The molecule has 7 heteroatoms. The average molecular weight is 348 g/mol. The summed E-state index contributed by atoms with van der Waals surface area (Å²) in [5, 5.41) is 2.59. The first-order valence-corrected chi connectivity index (χ1v) is 9.58. The molecule has 1 aromatic carbocycles. The number of hydrogen-bond acceptors (Lipinski definition) is 4. The van der Waals surface area contributed by atoms with Gasteiger partial charge in [-0.15, -0.1) is 0 Å². The third kappa shape index (κ3) is 6.82. The zero-order chi connectivity index (χ0) is 17.0. The summed E-state index contributed by atoms with van der Waals surface area (Å²) in [6.07, 6.45) is 0. The van der Waals surface area contributed by atoms with Crippen LogP contribution in [0.1, 0.15) is 34.6 Å². The summed E-state index contributed by atoms with van der Waals surface area (Å²) in [5.74, 6) is -0.318. The largest absolute Gasteiger partial charge is 0.459 e. The Labute approximate surface area is 136 Å². The molecule has 0 bridgehead atoms. The van der Waals surface area contributed by atoms with Crippen molar-refractivity contribution < 1.29 is 18.6 Å².